The highest BCUT2D eigenvalue weighted by Gasteiger charge is 2.26. The summed E-state index contributed by atoms with van der Waals surface area (Å²) in [6.07, 6.45) is 3.73. The molecule has 0 radical (unpaired) electrons. The largest absolute Gasteiger partial charge is 0.352 e. The zero-order valence-electron chi connectivity index (χ0n) is 11.9. The Bertz CT molecular complexity index is 920. The zero-order valence-corrected chi connectivity index (χ0v) is 11.9. The van der Waals surface area contributed by atoms with Gasteiger partial charge in [0.15, 0.2) is 11.6 Å². The molecule has 0 bridgehead atoms. The van der Waals surface area contributed by atoms with Crippen LogP contribution in [0.1, 0.15) is 17.2 Å². The lowest BCUT2D eigenvalue weighted by molar-refractivity contribution is -0.600. The third kappa shape index (κ3) is 2.36. The third-order valence-electron chi connectivity index (χ3n) is 3.30. The van der Waals surface area contributed by atoms with Gasteiger partial charge in [-0.05, 0) is 35.7 Å². The maximum absolute atomic E-state index is 9.23. The normalized spacial score (nSPS) is 10.4. The van der Waals surface area contributed by atoms with E-state index in [9.17, 15) is 10.5 Å². The number of nitriles is 2. The molecule has 2 aromatic heterocycles. The lowest BCUT2D eigenvalue weighted by Gasteiger charge is -2.05. The fraction of sp³-hybridized carbons (Fsp3) is 0.118. The Labute approximate surface area is 127 Å². The molecule has 0 saturated carbocycles. The molecule has 2 heterocycles. The summed E-state index contributed by atoms with van der Waals surface area (Å²) in [5.41, 5.74) is 2.82. The van der Waals surface area contributed by atoms with E-state index in [-0.39, 0.29) is 0 Å². The molecule has 0 spiro atoms. The first-order valence-electron chi connectivity index (χ1n) is 6.77. The second-order valence-electron chi connectivity index (χ2n) is 4.90. The quantitative estimate of drug-likeness (QED) is 0.677. The molecule has 5 heteroatoms. The number of rotatable bonds is 2. The van der Waals surface area contributed by atoms with Crippen LogP contribution in [-0.2, 0) is 0 Å². The number of hydrogen-bond donors (Lipinski definition) is 0. The number of aryl methyl sites for hydroxylation is 1. The molecule has 0 N–H and O–H groups in total. The van der Waals surface area contributed by atoms with E-state index in [1.54, 1.807) is 4.57 Å². The topological polar surface area (TPSA) is 77.2 Å². The molecule has 0 aliphatic heterocycles. The van der Waals surface area contributed by atoms with Crippen LogP contribution < -0.4 is 4.57 Å². The van der Waals surface area contributed by atoms with Crippen molar-refractivity contribution in [1.82, 2.24) is 9.97 Å². The molecule has 1 aromatic carbocycles. The predicted octanol–water partition coefficient (Wildman–Crippen LogP) is 2.35. The first kappa shape index (κ1) is 13.7. The number of benzene rings is 1. The minimum atomic E-state index is -0.958. The van der Waals surface area contributed by atoms with Gasteiger partial charge in [0.25, 0.3) is 0 Å². The molecular formula is C17H12N5+. The average Bonchev–Trinajstić information content (AvgIpc) is 2.55. The van der Waals surface area contributed by atoms with Crippen molar-refractivity contribution in [2.24, 2.45) is 0 Å². The van der Waals surface area contributed by atoms with Crippen molar-refractivity contribution >= 4 is 11.0 Å². The molecule has 0 aliphatic carbocycles. The number of aromatic nitrogens is 3. The van der Waals surface area contributed by atoms with Gasteiger partial charge in [0, 0.05) is 0 Å². The number of nitrogens with zero attached hydrogens (tertiary/aromatic N) is 5. The van der Waals surface area contributed by atoms with E-state index in [1.807, 2.05) is 67.9 Å². The minimum Gasteiger partial charge on any atom is -0.237 e. The van der Waals surface area contributed by atoms with Crippen LogP contribution in [0.3, 0.4) is 0 Å². The first-order valence-corrected chi connectivity index (χ1v) is 6.77. The highest BCUT2D eigenvalue weighted by Crippen LogP contribution is 2.19. The van der Waals surface area contributed by atoms with Crippen LogP contribution in [0.4, 0.5) is 0 Å². The fourth-order valence-electron chi connectivity index (χ4n) is 2.26. The van der Waals surface area contributed by atoms with E-state index in [4.69, 9.17) is 0 Å². The molecule has 104 valence electrons. The van der Waals surface area contributed by atoms with Crippen LogP contribution >= 0.6 is 0 Å². The number of para-hydroxylation sites is 2. The van der Waals surface area contributed by atoms with Crippen molar-refractivity contribution < 1.29 is 4.57 Å². The van der Waals surface area contributed by atoms with Gasteiger partial charge in [-0.2, -0.15) is 10.5 Å². The van der Waals surface area contributed by atoms with Crippen LogP contribution in [-0.4, -0.2) is 9.97 Å². The Morgan fingerprint density at radius 2 is 1.68 bits per heavy atom. The molecule has 0 fully saturated rings. The van der Waals surface area contributed by atoms with E-state index in [0.717, 1.165) is 11.1 Å². The predicted molar refractivity (Wildman–Crippen MR) is 79.8 cm³/mol. The van der Waals surface area contributed by atoms with E-state index < -0.39 is 5.92 Å². The summed E-state index contributed by atoms with van der Waals surface area (Å²) in [6.45, 7) is 1.97. The molecule has 22 heavy (non-hydrogen) atoms. The summed E-state index contributed by atoms with van der Waals surface area (Å²) >= 11 is 0. The van der Waals surface area contributed by atoms with Crippen molar-refractivity contribution in [2.75, 3.05) is 0 Å². The maximum atomic E-state index is 9.23. The molecular weight excluding hydrogens is 274 g/mol. The smallest absolute Gasteiger partial charge is 0.237 e. The summed E-state index contributed by atoms with van der Waals surface area (Å²) in [4.78, 5) is 9.10. The highest BCUT2D eigenvalue weighted by molar-refractivity contribution is 5.75. The molecule has 0 amide bonds. The summed E-state index contributed by atoms with van der Waals surface area (Å²) in [5, 5.41) is 18.5. The Morgan fingerprint density at radius 3 is 2.32 bits per heavy atom. The lowest BCUT2D eigenvalue weighted by Crippen LogP contribution is -2.34. The van der Waals surface area contributed by atoms with Gasteiger partial charge in [0.2, 0.25) is 5.52 Å². The molecule has 5 nitrogen and oxygen atoms in total. The van der Waals surface area contributed by atoms with Gasteiger partial charge >= 0.3 is 5.82 Å². The fourth-order valence-corrected chi connectivity index (χ4v) is 2.26. The van der Waals surface area contributed by atoms with E-state index in [2.05, 4.69) is 9.97 Å². The van der Waals surface area contributed by atoms with Gasteiger partial charge in [0.05, 0.1) is 24.5 Å². The lowest BCUT2D eigenvalue weighted by atomic mass is 10.1. The van der Waals surface area contributed by atoms with Crippen LogP contribution in [0.2, 0.25) is 0 Å². The van der Waals surface area contributed by atoms with Crippen LogP contribution in [0, 0.1) is 29.6 Å². The van der Waals surface area contributed by atoms with Gasteiger partial charge in [-0.3, -0.25) is 0 Å². The highest BCUT2D eigenvalue weighted by atomic mass is 15.1. The summed E-state index contributed by atoms with van der Waals surface area (Å²) in [5.74, 6) is -0.449. The number of hydrogen-bond acceptors (Lipinski definition) is 4. The van der Waals surface area contributed by atoms with Crippen LogP contribution in [0.25, 0.3) is 16.9 Å². The van der Waals surface area contributed by atoms with Gasteiger partial charge in [-0.1, -0.05) is 18.2 Å². The summed E-state index contributed by atoms with van der Waals surface area (Å²) in [6, 6.07) is 15.2. The Balaban J connectivity index is 2.33. The van der Waals surface area contributed by atoms with Crippen molar-refractivity contribution in [1.29, 1.82) is 10.5 Å². The SMILES string of the molecule is Cc1ccc[n+](-c2nc3ccccc3nc2C(C#N)C#N)c1. The Kier molecular flexibility index (Phi) is 3.47. The molecule has 3 aromatic rings. The average molecular weight is 286 g/mol. The minimum absolute atomic E-state index is 0.374. The van der Waals surface area contributed by atoms with Gasteiger partial charge < -0.3 is 0 Å². The molecule has 3 rings (SSSR count). The first-order chi connectivity index (χ1) is 10.7. The standard InChI is InChI=1S/C17H12N5/c1-12-5-4-8-22(11-12)17-16(13(9-18)10-19)20-14-6-2-3-7-15(14)21-17/h2-8,11,13H,1H3/q+1. The van der Waals surface area contributed by atoms with Crippen molar-refractivity contribution in [3.8, 4) is 18.0 Å². The van der Waals surface area contributed by atoms with Gasteiger partial charge in [0.1, 0.15) is 5.52 Å². The molecule has 0 atom stereocenters. The van der Waals surface area contributed by atoms with E-state index in [0.29, 0.717) is 17.0 Å². The number of pyridine rings is 1. The van der Waals surface area contributed by atoms with Crippen molar-refractivity contribution in [3.63, 3.8) is 0 Å². The maximum Gasteiger partial charge on any atom is 0.352 e. The van der Waals surface area contributed by atoms with E-state index >= 15 is 0 Å². The number of fused-ring (bicyclic) bond motifs is 1. The monoisotopic (exact) mass is 286 g/mol. The van der Waals surface area contributed by atoms with Crippen molar-refractivity contribution in [3.05, 3.63) is 60.0 Å². The molecule has 0 aliphatic rings. The third-order valence-corrected chi connectivity index (χ3v) is 3.30. The van der Waals surface area contributed by atoms with Crippen molar-refractivity contribution in [2.45, 2.75) is 12.8 Å². The van der Waals surface area contributed by atoms with Gasteiger partial charge in [-0.15, -0.1) is 0 Å². The van der Waals surface area contributed by atoms with Gasteiger partial charge in [-0.25, -0.2) is 9.55 Å². The zero-order chi connectivity index (χ0) is 15.5. The molecule has 0 saturated heterocycles. The second kappa shape index (κ2) is 5.59. The van der Waals surface area contributed by atoms with E-state index in [1.165, 1.54) is 0 Å². The molecule has 0 unspecified atom stereocenters. The Morgan fingerprint density at radius 1 is 1.00 bits per heavy atom. The van der Waals surface area contributed by atoms with Crippen LogP contribution in [0.15, 0.2) is 48.8 Å². The summed E-state index contributed by atoms with van der Waals surface area (Å²) < 4.78 is 1.80. The Hall–Kier alpha value is -3.31. The second-order valence-corrected chi connectivity index (χ2v) is 4.90. The van der Waals surface area contributed by atoms with Crippen LogP contribution in [0.5, 0.6) is 0 Å². The summed E-state index contributed by atoms with van der Waals surface area (Å²) in [7, 11) is 0.